The lowest BCUT2D eigenvalue weighted by molar-refractivity contribution is 0.0526. The predicted octanol–water partition coefficient (Wildman–Crippen LogP) is 4.51. The molecule has 0 bridgehead atoms. The first-order valence-electron chi connectivity index (χ1n) is 10.3. The number of hydrogen-bond acceptors (Lipinski definition) is 6. The molecule has 0 aliphatic carbocycles. The van der Waals surface area contributed by atoms with Gasteiger partial charge in [-0.05, 0) is 68.3 Å². The van der Waals surface area contributed by atoms with E-state index in [1.165, 1.54) is 11.3 Å². The number of rotatable bonds is 4. The van der Waals surface area contributed by atoms with E-state index in [2.05, 4.69) is 4.98 Å². The second kappa shape index (κ2) is 7.76. The van der Waals surface area contributed by atoms with Crippen LogP contribution in [0.15, 0.2) is 57.7 Å². The third-order valence-electron chi connectivity index (χ3n) is 5.43. The van der Waals surface area contributed by atoms with Gasteiger partial charge in [0.25, 0.3) is 5.56 Å². The van der Waals surface area contributed by atoms with Gasteiger partial charge in [0, 0.05) is 11.6 Å². The van der Waals surface area contributed by atoms with Crippen molar-refractivity contribution in [3.8, 4) is 11.3 Å². The van der Waals surface area contributed by atoms with Crippen molar-refractivity contribution in [3.05, 3.63) is 85.9 Å². The van der Waals surface area contributed by atoms with Gasteiger partial charge in [-0.3, -0.25) is 4.79 Å². The highest BCUT2D eigenvalue weighted by atomic mass is 32.1. The van der Waals surface area contributed by atoms with Gasteiger partial charge in [0.05, 0.1) is 23.2 Å². The number of furan rings is 1. The number of hydrogen-bond donors (Lipinski definition) is 0. The summed E-state index contributed by atoms with van der Waals surface area (Å²) in [5, 5.41) is 0. The maximum Gasteiger partial charge on any atom is 0.338 e. The Morgan fingerprint density at radius 2 is 1.88 bits per heavy atom. The molecule has 0 aliphatic heterocycles. The highest BCUT2D eigenvalue weighted by Crippen LogP contribution is 2.24. The normalized spacial score (nSPS) is 12.2. The van der Waals surface area contributed by atoms with Crippen LogP contribution in [-0.2, 0) is 4.74 Å². The number of fused-ring (bicyclic) bond motifs is 3. The van der Waals surface area contributed by atoms with Crippen molar-refractivity contribution in [2.24, 2.45) is 0 Å². The first kappa shape index (κ1) is 20.2. The number of imidazole rings is 1. The molecule has 3 aromatic heterocycles. The lowest BCUT2D eigenvalue weighted by atomic mass is 10.1. The molecule has 5 aromatic rings. The van der Waals surface area contributed by atoms with E-state index in [0.717, 1.165) is 27.7 Å². The van der Waals surface area contributed by atoms with E-state index >= 15 is 0 Å². The molecule has 3 heterocycles. The van der Waals surface area contributed by atoms with Crippen molar-refractivity contribution < 1.29 is 13.9 Å². The van der Waals surface area contributed by atoms with Gasteiger partial charge < -0.3 is 9.15 Å². The highest BCUT2D eigenvalue weighted by Gasteiger charge is 2.13. The van der Waals surface area contributed by atoms with Gasteiger partial charge in [0.1, 0.15) is 16.1 Å². The van der Waals surface area contributed by atoms with Crippen LogP contribution in [0.1, 0.15) is 34.2 Å². The molecular weight excluding hydrogens is 424 g/mol. The standard InChI is InChI=1S/C25H20N2O4S/c1-4-30-24(29)17-7-5-16(6-8-17)21-10-9-18(31-21)13-22-23(28)27-20-12-15(3)14(2)11-19(20)26-25(27)32-22/h5-13H,4H2,1-3H3/b22-13-. The molecule has 32 heavy (non-hydrogen) atoms. The average molecular weight is 445 g/mol. The molecule has 0 aliphatic rings. The molecule has 0 saturated heterocycles. The van der Waals surface area contributed by atoms with E-state index < -0.39 is 0 Å². The molecule has 0 fully saturated rings. The summed E-state index contributed by atoms with van der Waals surface area (Å²) in [6.07, 6.45) is 1.74. The van der Waals surface area contributed by atoms with Crippen molar-refractivity contribution in [1.82, 2.24) is 9.38 Å². The van der Waals surface area contributed by atoms with Crippen molar-refractivity contribution in [3.63, 3.8) is 0 Å². The number of aryl methyl sites for hydroxylation is 2. The molecule has 0 spiro atoms. The molecule has 0 amide bonds. The second-order valence-electron chi connectivity index (χ2n) is 7.57. The first-order valence-corrected chi connectivity index (χ1v) is 11.1. The molecule has 2 aromatic carbocycles. The van der Waals surface area contributed by atoms with E-state index in [1.807, 2.05) is 50.2 Å². The fraction of sp³-hybridized carbons (Fsp3) is 0.160. The van der Waals surface area contributed by atoms with Crippen LogP contribution < -0.4 is 10.1 Å². The third-order valence-corrected chi connectivity index (χ3v) is 6.40. The summed E-state index contributed by atoms with van der Waals surface area (Å²) < 4.78 is 13.2. The fourth-order valence-corrected chi connectivity index (χ4v) is 4.59. The Hall–Kier alpha value is -3.71. The second-order valence-corrected chi connectivity index (χ2v) is 8.58. The van der Waals surface area contributed by atoms with Gasteiger partial charge in [-0.1, -0.05) is 23.5 Å². The molecule has 0 radical (unpaired) electrons. The van der Waals surface area contributed by atoms with Crippen molar-refractivity contribution in [2.75, 3.05) is 6.61 Å². The molecule has 0 N–H and O–H groups in total. The van der Waals surface area contributed by atoms with Crippen LogP contribution in [0.5, 0.6) is 0 Å². The molecular formula is C25H20N2O4S. The smallest absolute Gasteiger partial charge is 0.338 e. The topological polar surface area (TPSA) is 73.8 Å². The van der Waals surface area contributed by atoms with E-state index in [4.69, 9.17) is 9.15 Å². The SMILES string of the molecule is CCOC(=O)c1ccc(-c2ccc(/C=c3\sc4nc5cc(C)c(C)cc5n4c3=O)o2)cc1. The van der Waals surface area contributed by atoms with Crippen LogP contribution in [0.2, 0.25) is 0 Å². The van der Waals surface area contributed by atoms with Crippen molar-refractivity contribution in [2.45, 2.75) is 20.8 Å². The Morgan fingerprint density at radius 3 is 2.62 bits per heavy atom. The maximum absolute atomic E-state index is 13.1. The number of thiazole rings is 1. The van der Waals surface area contributed by atoms with Gasteiger partial charge in [-0.25, -0.2) is 14.2 Å². The number of ether oxygens (including phenoxy) is 1. The van der Waals surface area contributed by atoms with Gasteiger partial charge in [0.2, 0.25) is 0 Å². The van der Waals surface area contributed by atoms with Gasteiger partial charge in [-0.2, -0.15) is 0 Å². The van der Waals surface area contributed by atoms with E-state index in [0.29, 0.717) is 33.2 Å². The summed E-state index contributed by atoms with van der Waals surface area (Å²) in [7, 11) is 0. The summed E-state index contributed by atoms with van der Waals surface area (Å²) in [4.78, 5) is 30.2. The lowest BCUT2D eigenvalue weighted by Gasteiger charge is -2.02. The van der Waals surface area contributed by atoms with Crippen LogP contribution >= 0.6 is 11.3 Å². The van der Waals surface area contributed by atoms with E-state index in [-0.39, 0.29) is 11.5 Å². The van der Waals surface area contributed by atoms with Crippen LogP contribution in [0.4, 0.5) is 0 Å². The van der Waals surface area contributed by atoms with Gasteiger partial charge >= 0.3 is 5.97 Å². The molecule has 0 atom stereocenters. The molecule has 0 unspecified atom stereocenters. The minimum absolute atomic E-state index is 0.104. The number of benzene rings is 2. The molecule has 7 heteroatoms. The minimum Gasteiger partial charge on any atom is -0.462 e. The zero-order valence-electron chi connectivity index (χ0n) is 17.8. The summed E-state index contributed by atoms with van der Waals surface area (Å²) >= 11 is 1.34. The Labute approximate surface area is 187 Å². The summed E-state index contributed by atoms with van der Waals surface area (Å²) in [6.45, 7) is 6.18. The third kappa shape index (κ3) is 3.40. The minimum atomic E-state index is -0.351. The summed E-state index contributed by atoms with van der Waals surface area (Å²) in [5.74, 6) is 0.875. The molecule has 6 nitrogen and oxygen atoms in total. The largest absolute Gasteiger partial charge is 0.462 e. The van der Waals surface area contributed by atoms with Crippen molar-refractivity contribution in [1.29, 1.82) is 0 Å². The van der Waals surface area contributed by atoms with Crippen molar-refractivity contribution >= 4 is 39.4 Å². The Kier molecular flexibility index (Phi) is 4.90. The summed E-state index contributed by atoms with van der Waals surface area (Å²) in [6, 6.07) is 14.7. The number of nitrogens with zero attached hydrogens (tertiary/aromatic N) is 2. The highest BCUT2D eigenvalue weighted by molar-refractivity contribution is 7.15. The van der Waals surface area contributed by atoms with Crippen LogP contribution in [0.3, 0.4) is 0 Å². The molecule has 5 rings (SSSR count). The number of carbonyl (C=O) groups is 1. The first-order chi connectivity index (χ1) is 15.4. The number of carbonyl (C=O) groups excluding carboxylic acids is 1. The fourth-order valence-electron chi connectivity index (χ4n) is 3.62. The van der Waals surface area contributed by atoms with Crippen LogP contribution in [0, 0.1) is 13.8 Å². The summed E-state index contributed by atoms with van der Waals surface area (Å²) in [5.41, 5.74) is 5.15. The Morgan fingerprint density at radius 1 is 1.12 bits per heavy atom. The maximum atomic E-state index is 13.1. The van der Waals surface area contributed by atoms with E-state index in [1.54, 1.807) is 29.5 Å². The zero-order valence-corrected chi connectivity index (χ0v) is 18.7. The quantitative estimate of drug-likeness (QED) is 0.381. The van der Waals surface area contributed by atoms with Crippen LogP contribution in [0.25, 0.3) is 33.4 Å². The Bertz CT molecular complexity index is 1590. The number of esters is 1. The monoisotopic (exact) mass is 444 g/mol. The van der Waals surface area contributed by atoms with Crippen LogP contribution in [-0.4, -0.2) is 22.0 Å². The van der Waals surface area contributed by atoms with Gasteiger partial charge in [-0.15, -0.1) is 0 Å². The predicted molar refractivity (Wildman–Crippen MR) is 125 cm³/mol. The molecule has 0 saturated carbocycles. The van der Waals surface area contributed by atoms with Gasteiger partial charge in [0.15, 0.2) is 4.96 Å². The lowest BCUT2D eigenvalue weighted by Crippen LogP contribution is -2.22. The number of aromatic nitrogens is 2. The average Bonchev–Trinajstić information content (AvgIpc) is 3.45. The van der Waals surface area contributed by atoms with E-state index in [9.17, 15) is 9.59 Å². The zero-order chi connectivity index (χ0) is 22.4. The molecule has 160 valence electrons. The Balaban J connectivity index is 1.50.